The summed E-state index contributed by atoms with van der Waals surface area (Å²) in [7, 11) is 1.62. The topological polar surface area (TPSA) is 52.6 Å². The van der Waals surface area contributed by atoms with Gasteiger partial charge in [-0.2, -0.15) is 0 Å². The van der Waals surface area contributed by atoms with E-state index in [9.17, 15) is 9.59 Å². The number of methoxy groups -OCH3 is 1. The lowest BCUT2D eigenvalue weighted by Gasteiger charge is -2.01. The van der Waals surface area contributed by atoms with Crippen LogP contribution in [0.1, 0.15) is 38.2 Å². The molecule has 0 bridgehead atoms. The van der Waals surface area contributed by atoms with Gasteiger partial charge in [0.1, 0.15) is 5.75 Å². The second kappa shape index (κ2) is 9.75. The van der Waals surface area contributed by atoms with E-state index in [0.717, 1.165) is 11.3 Å². The molecule has 0 aliphatic carbocycles. The van der Waals surface area contributed by atoms with Crippen molar-refractivity contribution in [2.45, 2.75) is 32.6 Å². The summed E-state index contributed by atoms with van der Waals surface area (Å²) in [5, 5.41) is 0. The molecule has 4 heteroatoms. The monoisotopic (exact) mass is 290 g/mol. The van der Waals surface area contributed by atoms with E-state index < -0.39 is 0 Å². The zero-order valence-corrected chi connectivity index (χ0v) is 12.6. The number of carbonyl (C=O) groups is 2. The van der Waals surface area contributed by atoms with Gasteiger partial charge in [-0.3, -0.25) is 9.59 Å². The van der Waals surface area contributed by atoms with Crippen LogP contribution in [0.5, 0.6) is 5.75 Å². The second-order valence-corrected chi connectivity index (χ2v) is 4.58. The van der Waals surface area contributed by atoms with Crippen LogP contribution in [0, 0.1) is 0 Å². The van der Waals surface area contributed by atoms with Crippen molar-refractivity contribution in [3.8, 4) is 5.75 Å². The molecule has 21 heavy (non-hydrogen) atoms. The SMILES string of the molecule is CCOC(=O)CCCCC(=O)/C=C/c1ccc(OC)cc1. The first-order valence-electron chi connectivity index (χ1n) is 7.16. The summed E-state index contributed by atoms with van der Waals surface area (Å²) >= 11 is 0. The molecule has 0 radical (unpaired) electrons. The van der Waals surface area contributed by atoms with Gasteiger partial charge in [0.15, 0.2) is 5.78 Å². The number of unbranched alkanes of at least 4 members (excludes halogenated alkanes) is 1. The third kappa shape index (κ3) is 7.30. The van der Waals surface area contributed by atoms with Crippen molar-refractivity contribution in [3.63, 3.8) is 0 Å². The highest BCUT2D eigenvalue weighted by molar-refractivity contribution is 5.93. The van der Waals surface area contributed by atoms with Gasteiger partial charge in [0.2, 0.25) is 0 Å². The normalized spacial score (nSPS) is 10.6. The fourth-order valence-corrected chi connectivity index (χ4v) is 1.79. The van der Waals surface area contributed by atoms with Gasteiger partial charge in [-0.05, 0) is 43.5 Å². The number of esters is 1. The van der Waals surface area contributed by atoms with E-state index in [1.54, 1.807) is 26.2 Å². The lowest BCUT2D eigenvalue weighted by molar-refractivity contribution is -0.143. The summed E-state index contributed by atoms with van der Waals surface area (Å²) in [6.07, 6.45) is 5.57. The molecule has 0 fully saturated rings. The first kappa shape index (κ1) is 17.0. The maximum absolute atomic E-state index is 11.7. The molecule has 1 aromatic rings. The Kier molecular flexibility index (Phi) is 7.87. The van der Waals surface area contributed by atoms with E-state index in [1.807, 2.05) is 24.3 Å². The molecular weight excluding hydrogens is 268 g/mol. The first-order valence-corrected chi connectivity index (χ1v) is 7.16. The third-order valence-electron chi connectivity index (χ3n) is 2.94. The maximum Gasteiger partial charge on any atom is 0.305 e. The number of rotatable bonds is 9. The van der Waals surface area contributed by atoms with Crippen LogP contribution in [-0.2, 0) is 14.3 Å². The fraction of sp³-hybridized carbons (Fsp3) is 0.412. The molecule has 0 N–H and O–H groups in total. The van der Waals surface area contributed by atoms with Crippen LogP contribution < -0.4 is 4.74 Å². The zero-order chi connectivity index (χ0) is 15.5. The Morgan fingerprint density at radius 2 is 1.76 bits per heavy atom. The number of hydrogen-bond donors (Lipinski definition) is 0. The highest BCUT2D eigenvalue weighted by Crippen LogP contribution is 2.12. The summed E-state index contributed by atoms with van der Waals surface area (Å²) in [6.45, 7) is 2.19. The highest BCUT2D eigenvalue weighted by Gasteiger charge is 2.02. The van der Waals surface area contributed by atoms with E-state index in [0.29, 0.717) is 32.3 Å². The first-order chi connectivity index (χ1) is 10.2. The van der Waals surface area contributed by atoms with Crippen molar-refractivity contribution in [2.24, 2.45) is 0 Å². The molecule has 0 spiro atoms. The maximum atomic E-state index is 11.7. The van der Waals surface area contributed by atoms with E-state index >= 15 is 0 Å². The minimum atomic E-state index is -0.196. The summed E-state index contributed by atoms with van der Waals surface area (Å²) < 4.78 is 9.89. The van der Waals surface area contributed by atoms with Gasteiger partial charge >= 0.3 is 5.97 Å². The molecule has 4 nitrogen and oxygen atoms in total. The summed E-state index contributed by atoms with van der Waals surface area (Å²) in [5.74, 6) is 0.658. The summed E-state index contributed by atoms with van der Waals surface area (Å²) in [5.41, 5.74) is 0.954. The number of benzene rings is 1. The van der Waals surface area contributed by atoms with Crippen molar-refractivity contribution >= 4 is 17.8 Å². The van der Waals surface area contributed by atoms with Crippen LogP contribution in [0.3, 0.4) is 0 Å². The number of ketones is 1. The Labute approximate surface area is 125 Å². The second-order valence-electron chi connectivity index (χ2n) is 4.58. The Hall–Kier alpha value is -2.10. The van der Waals surface area contributed by atoms with Gasteiger partial charge in [0.05, 0.1) is 13.7 Å². The fourth-order valence-electron chi connectivity index (χ4n) is 1.79. The Balaban J connectivity index is 2.26. The van der Waals surface area contributed by atoms with Crippen molar-refractivity contribution in [2.75, 3.05) is 13.7 Å². The smallest absolute Gasteiger partial charge is 0.305 e. The minimum Gasteiger partial charge on any atom is -0.497 e. The Morgan fingerprint density at radius 1 is 1.10 bits per heavy atom. The molecule has 1 rings (SSSR count). The average molecular weight is 290 g/mol. The number of ether oxygens (including phenoxy) is 2. The lowest BCUT2D eigenvalue weighted by atomic mass is 10.1. The van der Waals surface area contributed by atoms with Gasteiger partial charge in [0, 0.05) is 12.8 Å². The minimum absolute atomic E-state index is 0.0645. The molecule has 0 saturated carbocycles. The van der Waals surface area contributed by atoms with E-state index in [-0.39, 0.29) is 11.8 Å². The molecule has 0 aromatic heterocycles. The van der Waals surface area contributed by atoms with Gasteiger partial charge in [0.25, 0.3) is 0 Å². The van der Waals surface area contributed by atoms with Crippen LogP contribution in [0.4, 0.5) is 0 Å². The van der Waals surface area contributed by atoms with Gasteiger partial charge in [-0.15, -0.1) is 0 Å². The van der Waals surface area contributed by atoms with Gasteiger partial charge < -0.3 is 9.47 Å². The van der Waals surface area contributed by atoms with Crippen LogP contribution in [0.2, 0.25) is 0 Å². The predicted octanol–water partition coefficient (Wildman–Crippen LogP) is 3.40. The standard InChI is InChI=1S/C17H22O4/c1-3-21-17(19)7-5-4-6-15(18)11-8-14-9-12-16(20-2)13-10-14/h8-13H,3-7H2,1-2H3/b11-8+. The van der Waals surface area contributed by atoms with Crippen molar-refractivity contribution in [1.29, 1.82) is 0 Å². The molecule has 1 aromatic carbocycles. The quantitative estimate of drug-likeness (QED) is 0.397. The molecule has 0 unspecified atom stereocenters. The molecule has 114 valence electrons. The largest absolute Gasteiger partial charge is 0.497 e. The van der Waals surface area contributed by atoms with Crippen LogP contribution >= 0.6 is 0 Å². The van der Waals surface area contributed by atoms with E-state index in [4.69, 9.17) is 9.47 Å². The lowest BCUT2D eigenvalue weighted by Crippen LogP contribution is -2.03. The molecule has 0 amide bonds. The zero-order valence-electron chi connectivity index (χ0n) is 12.6. The third-order valence-corrected chi connectivity index (χ3v) is 2.94. The van der Waals surface area contributed by atoms with E-state index in [2.05, 4.69) is 0 Å². The summed E-state index contributed by atoms with van der Waals surface area (Å²) in [6, 6.07) is 7.49. The van der Waals surface area contributed by atoms with Crippen LogP contribution in [0.15, 0.2) is 30.3 Å². The molecule has 0 aliphatic heterocycles. The molecular formula is C17H22O4. The highest BCUT2D eigenvalue weighted by atomic mass is 16.5. The molecule has 0 atom stereocenters. The van der Waals surface area contributed by atoms with Crippen molar-refractivity contribution in [1.82, 2.24) is 0 Å². The average Bonchev–Trinajstić information content (AvgIpc) is 2.50. The van der Waals surface area contributed by atoms with Crippen LogP contribution in [0.25, 0.3) is 6.08 Å². The number of hydrogen-bond acceptors (Lipinski definition) is 4. The van der Waals surface area contributed by atoms with Gasteiger partial charge in [-0.1, -0.05) is 18.2 Å². The molecule has 0 heterocycles. The van der Waals surface area contributed by atoms with Crippen molar-refractivity contribution < 1.29 is 19.1 Å². The summed E-state index contributed by atoms with van der Waals surface area (Å²) in [4.78, 5) is 22.8. The van der Waals surface area contributed by atoms with Gasteiger partial charge in [-0.25, -0.2) is 0 Å². The van der Waals surface area contributed by atoms with E-state index in [1.165, 1.54) is 0 Å². The van der Waals surface area contributed by atoms with Crippen molar-refractivity contribution in [3.05, 3.63) is 35.9 Å². The Morgan fingerprint density at radius 3 is 2.38 bits per heavy atom. The Bertz CT molecular complexity index is 474. The predicted molar refractivity (Wildman–Crippen MR) is 82.1 cm³/mol. The number of allylic oxidation sites excluding steroid dienone is 1. The molecule has 0 saturated heterocycles. The molecule has 0 aliphatic rings. The van der Waals surface area contributed by atoms with Crippen LogP contribution in [-0.4, -0.2) is 25.5 Å². The number of carbonyl (C=O) groups excluding carboxylic acids is 2.